The molecule has 2 aromatic carbocycles. The van der Waals surface area contributed by atoms with Gasteiger partial charge in [-0.2, -0.15) is 13.2 Å². The van der Waals surface area contributed by atoms with E-state index in [1.807, 2.05) is 0 Å². The summed E-state index contributed by atoms with van der Waals surface area (Å²) in [4.78, 5) is 12.5. The van der Waals surface area contributed by atoms with Crippen LogP contribution < -0.4 is 5.32 Å². The first-order valence-corrected chi connectivity index (χ1v) is 8.28. The number of hydrogen-bond acceptors (Lipinski definition) is 3. The van der Waals surface area contributed by atoms with E-state index < -0.39 is 17.6 Å². The van der Waals surface area contributed by atoms with Crippen molar-refractivity contribution in [2.75, 3.05) is 11.6 Å². The van der Waals surface area contributed by atoms with Gasteiger partial charge in [0.15, 0.2) is 0 Å². The zero-order valence-electron chi connectivity index (χ0n) is 11.7. The van der Waals surface area contributed by atoms with Crippen molar-refractivity contribution in [3.63, 3.8) is 0 Å². The summed E-state index contributed by atoms with van der Waals surface area (Å²) in [6, 6.07) is 7.55. The molecule has 122 valence electrons. The van der Waals surface area contributed by atoms with Crippen LogP contribution in [-0.2, 0) is 6.18 Å². The molecule has 2 rings (SSSR count). The van der Waals surface area contributed by atoms with E-state index in [9.17, 15) is 23.1 Å². The minimum absolute atomic E-state index is 0.00792. The van der Waals surface area contributed by atoms with Gasteiger partial charge in [0.1, 0.15) is 5.75 Å². The number of carbonyl (C=O) groups excluding carboxylic acids is 1. The molecule has 0 aliphatic rings. The number of rotatable bonds is 3. The third-order valence-corrected chi connectivity index (χ3v) is 4.13. The van der Waals surface area contributed by atoms with Crippen molar-refractivity contribution >= 4 is 39.3 Å². The summed E-state index contributed by atoms with van der Waals surface area (Å²) in [5, 5.41) is 12.1. The molecule has 0 saturated carbocycles. The molecule has 3 nitrogen and oxygen atoms in total. The van der Waals surface area contributed by atoms with Crippen LogP contribution in [0.4, 0.5) is 18.9 Å². The third-order valence-electron chi connectivity index (χ3n) is 2.93. The number of aromatic hydroxyl groups is 1. The number of nitrogens with one attached hydrogen (secondary N) is 1. The van der Waals surface area contributed by atoms with Gasteiger partial charge >= 0.3 is 6.18 Å². The lowest BCUT2D eigenvalue weighted by molar-refractivity contribution is -0.137. The van der Waals surface area contributed by atoms with Crippen molar-refractivity contribution in [3.05, 3.63) is 52.0 Å². The lowest BCUT2D eigenvalue weighted by atomic mass is 10.1. The van der Waals surface area contributed by atoms with E-state index in [0.29, 0.717) is 9.37 Å². The lowest BCUT2D eigenvalue weighted by Gasteiger charge is -2.13. The van der Waals surface area contributed by atoms with E-state index in [-0.39, 0.29) is 17.0 Å². The highest BCUT2D eigenvalue weighted by atomic mass is 79.9. The third kappa shape index (κ3) is 4.42. The largest absolute Gasteiger partial charge is 0.507 e. The molecule has 0 aliphatic carbocycles. The molecule has 0 aliphatic heterocycles. The van der Waals surface area contributed by atoms with E-state index in [2.05, 4.69) is 21.2 Å². The van der Waals surface area contributed by atoms with Gasteiger partial charge in [0.25, 0.3) is 5.91 Å². The van der Waals surface area contributed by atoms with Crippen LogP contribution in [-0.4, -0.2) is 17.3 Å². The monoisotopic (exact) mass is 405 g/mol. The Balaban J connectivity index is 2.35. The molecule has 1 amide bonds. The summed E-state index contributed by atoms with van der Waals surface area (Å²) < 4.78 is 39.2. The molecule has 0 fully saturated rings. The van der Waals surface area contributed by atoms with Crippen molar-refractivity contribution in [2.24, 2.45) is 0 Å². The minimum atomic E-state index is -4.51. The Morgan fingerprint density at radius 2 is 1.91 bits per heavy atom. The molecule has 0 bridgehead atoms. The fourth-order valence-electron chi connectivity index (χ4n) is 1.84. The van der Waals surface area contributed by atoms with Gasteiger partial charge in [0.05, 0.1) is 11.1 Å². The molecule has 2 aromatic rings. The summed E-state index contributed by atoms with van der Waals surface area (Å²) in [6.45, 7) is 0. The Morgan fingerprint density at radius 3 is 2.52 bits per heavy atom. The lowest BCUT2D eigenvalue weighted by Crippen LogP contribution is -2.13. The summed E-state index contributed by atoms with van der Waals surface area (Å²) in [5.74, 6) is -0.960. The van der Waals surface area contributed by atoms with E-state index in [4.69, 9.17) is 0 Å². The number of phenols is 1. The first-order chi connectivity index (χ1) is 10.7. The quantitative estimate of drug-likeness (QED) is 0.694. The van der Waals surface area contributed by atoms with Crippen LogP contribution in [0.5, 0.6) is 5.75 Å². The van der Waals surface area contributed by atoms with Crippen LogP contribution in [0, 0.1) is 0 Å². The van der Waals surface area contributed by atoms with Crippen molar-refractivity contribution in [2.45, 2.75) is 11.1 Å². The first-order valence-electron chi connectivity index (χ1n) is 6.27. The van der Waals surface area contributed by atoms with Crippen molar-refractivity contribution in [3.8, 4) is 5.75 Å². The predicted octanol–water partition coefficient (Wildman–Crippen LogP) is 5.15. The van der Waals surface area contributed by atoms with Crippen LogP contribution in [0.25, 0.3) is 0 Å². The van der Waals surface area contributed by atoms with E-state index in [0.717, 1.165) is 23.9 Å². The SMILES string of the molecule is CSc1cc(NC(=O)c2cc(Br)ccc2O)cc(C(F)(F)F)c1. The maximum Gasteiger partial charge on any atom is 0.416 e. The number of carbonyl (C=O) groups is 1. The Hall–Kier alpha value is -1.67. The highest BCUT2D eigenvalue weighted by Gasteiger charge is 2.31. The normalized spacial score (nSPS) is 11.3. The summed E-state index contributed by atoms with van der Waals surface area (Å²) in [5.41, 5.74) is -0.880. The topological polar surface area (TPSA) is 49.3 Å². The van der Waals surface area contributed by atoms with Gasteiger partial charge < -0.3 is 10.4 Å². The Labute approximate surface area is 143 Å². The van der Waals surface area contributed by atoms with Gasteiger partial charge in [-0.05, 0) is 42.7 Å². The molecule has 2 N–H and O–H groups in total. The highest BCUT2D eigenvalue weighted by Crippen LogP contribution is 2.34. The zero-order valence-corrected chi connectivity index (χ0v) is 14.1. The first kappa shape index (κ1) is 17.7. The molecule has 0 heterocycles. The van der Waals surface area contributed by atoms with Crippen LogP contribution >= 0.6 is 27.7 Å². The molecule has 23 heavy (non-hydrogen) atoms. The number of amides is 1. The number of alkyl halides is 3. The number of halogens is 4. The molecule has 0 unspecified atom stereocenters. The highest BCUT2D eigenvalue weighted by molar-refractivity contribution is 9.10. The number of thioether (sulfide) groups is 1. The average Bonchev–Trinajstić information content (AvgIpc) is 2.48. The van der Waals surface area contributed by atoms with Crippen molar-refractivity contribution < 1.29 is 23.1 Å². The van der Waals surface area contributed by atoms with E-state index in [1.165, 1.54) is 18.2 Å². The second-order valence-corrected chi connectivity index (χ2v) is 6.36. The van der Waals surface area contributed by atoms with E-state index >= 15 is 0 Å². The molecule has 8 heteroatoms. The molecule has 0 radical (unpaired) electrons. The van der Waals surface area contributed by atoms with Crippen molar-refractivity contribution in [1.29, 1.82) is 0 Å². The van der Waals surface area contributed by atoms with Crippen LogP contribution in [0.2, 0.25) is 0 Å². The van der Waals surface area contributed by atoms with Gasteiger partial charge in [0.2, 0.25) is 0 Å². The smallest absolute Gasteiger partial charge is 0.416 e. The number of benzene rings is 2. The number of hydrogen-bond donors (Lipinski definition) is 2. The molecule has 0 saturated heterocycles. The maximum atomic E-state index is 12.9. The molecule has 0 atom stereocenters. The minimum Gasteiger partial charge on any atom is -0.507 e. The van der Waals surface area contributed by atoms with Gasteiger partial charge in [0, 0.05) is 15.1 Å². The fraction of sp³-hybridized carbons (Fsp3) is 0.133. The number of anilines is 1. The second-order valence-electron chi connectivity index (χ2n) is 4.56. The average molecular weight is 406 g/mol. The van der Waals surface area contributed by atoms with Gasteiger partial charge in [-0.15, -0.1) is 11.8 Å². The summed E-state index contributed by atoms with van der Waals surface area (Å²) in [6.07, 6.45) is -2.87. The van der Waals surface area contributed by atoms with Gasteiger partial charge in [-0.3, -0.25) is 4.79 Å². The predicted molar refractivity (Wildman–Crippen MR) is 87.0 cm³/mol. The fourth-order valence-corrected chi connectivity index (χ4v) is 2.69. The Kier molecular flexibility index (Phi) is 5.26. The van der Waals surface area contributed by atoms with Gasteiger partial charge in [-0.1, -0.05) is 15.9 Å². The number of phenolic OH excluding ortho intramolecular Hbond substituents is 1. The summed E-state index contributed by atoms with van der Waals surface area (Å²) >= 11 is 4.30. The van der Waals surface area contributed by atoms with E-state index in [1.54, 1.807) is 12.3 Å². The standard InChI is InChI=1S/C15H11BrF3NO2S/c1-23-11-5-8(15(17,18)19)4-10(7-11)20-14(22)12-6-9(16)2-3-13(12)21/h2-7,21H,1H3,(H,20,22). The molecular weight excluding hydrogens is 395 g/mol. The molecular formula is C15H11BrF3NO2S. The Morgan fingerprint density at radius 1 is 1.22 bits per heavy atom. The van der Waals surface area contributed by atoms with Gasteiger partial charge in [-0.25, -0.2) is 0 Å². The second kappa shape index (κ2) is 6.84. The Bertz CT molecular complexity index is 750. The molecule has 0 aromatic heterocycles. The summed E-state index contributed by atoms with van der Waals surface area (Å²) in [7, 11) is 0. The van der Waals surface area contributed by atoms with Crippen LogP contribution in [0.3, 0.4) is 0 Å². The zero-order chi connectivity index (χ0) is 17.2. The maximum absolute atomic E-state index is 12.9. The molecule has 0 spiro atoms. The van der Waals surface area contributed by atoms with Crippen molar-refractivity contribution in [1.82, 2.24) is 0 Å². The van der Waals surface area contributed by atoms with Crippen LogP contribution in [0.15, 0.2) is 45.8 Å². The van der Waals surface area contributed by atoms with Crippen LogP contribution in [0.1, 0.15) is 15.9 Å².